The fourth-order valence-corrected chi connectivity index (χ4v) is 5.42. The highest BCUT2D eigenvalue weighted by Gasteiger charge is 2.19. The molecule has 7 nitrogen and oxygen atoms in total. The quantitative estimate of drug-likeness (QED) is 0.568. The summed E-state index contributed by atoms with van der Waals surface area (Å²) >= 11 is 1.83. The van der Waals surface area contributed by atoms with Crippen molar-refractivity contribution in [2.24, 2.45) is 5.92 Å². The minimum Gasteiger partial charge on any atom is -0.378 e. The summed E-state index contributed by atoms with van der Waals surface area (Å²) in [7, 11) is 3.99. The first-order chi connectivity index (χ1) is 16.5. The van der Waals surface area contributed by atoms with E-state index in [1.807, 2.05) is 67.7 Å². The lowest BCUT2D eigenvalue weighted by atomic mass is 9.87. The van der Waals surface area contributed by atoms with Gasteiger partial charge in [-0.3, -0.25) is 0 Å². The Morgan fingerprint density at radius 2 is 1.82 bits per heavy atom. The normalized spacial score (nSPS) is 20.6. The predicted octanol–water partition coefficient (Wildman–Crippen LogP) is 4.65. The van der Waals surface area contributed by atoms with Crippen LogP contribution in [-0.4, -0.2) is 61.4 Å². The van der Waals surface area contributed by atoms with E-state index in [4.69, 9.17) is 4.74 Å². The van der Waals surface area contributed by atoms with Gasteiger partial charge >= 0.3 is 0 Å². The van der Waals surface area contributed by atoms with Crippen molar-refractivity contribution in [3.8, 4) is 0 Å². The van der Waals surface area contributed by atoms with Crippen LogP contribution in [0.2, 0.25) is 0 Å². The number of para-hydroxylation sites is 1. The van der Waals surface area contributed by atoms with Crippen LogP contribution in [0.5, 0.6) is 0 Å². The summed E-state index contributed by atoms with van der Waals surface area (Å²) in [4.78, 5) is 19.1. The second-order valence-corrected chi connectivity index (χ2v) is 10.6. The molecule has 5 rings (SSSR count). The second kappa shape index (κ2) is 11.9. The zero-order chi connectivity index (χ0) is 23.9. The smallest absolute Gasteiger partial charge is 0.185 e. The average Bonchev–Trinajstić information content (AvgIpc) is 3.33. The van der Waals surface area contributed by atoms with Gasteiger partial charge in [0.2, 0.25) is 0 Å². The van der Waals surface area contributed by atoms with Crippen LogP contribution in [0.25, 0.3) is 10.9 Å². The Morgan fingerprint density at radius 3 is 2.56 bits per heavy atom. The van der Waals surface area contributed by atoms with Crippen molar-refractivity contribution in [3.63, 3.8) is 0 Å². The summed E-state index contributed by atoms with van der Waals surface area (Å²) in [5.74, 6) is 2.71. The van der Waals surface area contributed by atoms with E-state index < -0.39 is 0 Å². The van der Waals surface area contributed by atoms with E-state index in [9.17, 15) is 0 Å². The fraction of sp³-hybridized carbons (Fsp3) is 0.577. The number of nitrogens with one attached hydrogen (secondary N) is 1. The first-order valence-electron chi connectivity index (χ1n) is 12.4. The molecular weight excluding hydrogens is 444 g/mol. The molecule has 0 radical (unpaired) electrons. The van der Waals surface area contributed by atoms with Crippen molar-refractivity contribution in [3.05, 3.63) is 41.2 Å². The van der Waals surface area contributed by atoms with Crippen molar-refractivity contribution in [2.45, 2.75) is 52.1 Å². The number of benzene rings is 1. The summed E-state index contributed by atoms with van der Waals surface area (Å²) in [5, 5.41) is 5.96. The summed E-state index contributed by atoms with van der Waals surface area (Å²) in [6.45, 7) is 8.86. The maximum absolute atomic E-state index is 5.39. The summed E-state index contributed by atoms with van der Waals surface area (Å²) < 4.78 is 5.39. The third-order valence-electron chi connectivity index (χ3n) is 6.52. The predicted molar refractivity (Wildman–Crippen MR) is 142 cm³/mol. The van der Waals surface area contributed by atoms with Crippen LogP contribution in [0.1, 0.15) is 43.3 Å². The molecule has 0 spiro atoms. The molecule has 2 aliphatic rings. The molecule has 2 aromatic heterocycles. The molecule has 34 heavy (non-hydrogen) atoms. The maximum Gasteiger partial charge on any atom is 0.185 e. The molecule has 3 aromatic rings. The van der Waals surface area contributed by atoms with Crippen LogP contribution in [0.3, 0.4) is 0 Å². The second-order valence-electron chi connectivity index (χ2n) is 9.55. The lowest BCUT2D eigenvalue weighted by molar-refractivity contribution is 0.122. The van der Waals surface area contributed by atoms with E-state index in [0.29, 0.717) is 6.04 Å². The van der Waals surface area contributed by atoms with Crippen molar-refractivity contribution in [2.75, 3.05) is 50.2 Å². The van der Waals surface area contributed by atoms with E-state index in [2.05, 4.69) is 32.1 Å². The minimum atomic E-state index is 0.708. The summed E-state index contributed by atoms with van der Waals surface area (Å²) in [5.41, 5.74) is 1.00. The molecule has 1 aliphatic carbocycles. The standard InChI is InChI=1S/C15H25N3OS.C11H13N3/c1-12-2-4-13(5-3-12)16-10-14-11-17-15(20-14)18-6-8-19-9-7-18;1-8-12-10-7-5-4-6-9(10)11(13-8)14(2)3/h11-13,16H,2-10H2,1H3;4-7H,1-3H3. The molecule has 1 N–H and O–H groups in total. The zero-order valence-electron chi connectivity index (χ0n) is 21.0. The van der Waals surface area contributed by atoms with Gasteiger partial charge in [-0.15, -0.1) is 11.3 Å². The molecule has 2 fully saturated rings. The molecule has 3 heterocycles. The van der Waals surface area contributed by atoms with Gasteiger partial charge in [0.15, 0.2) is 5.13 Å². The van der Waals surface area contributed by atoms with Gasteiger partial charge in [-0.05, 0) is 50.7 Å². The first-order valence-corrected chi connectivity index (χ1v) is 13.2. The maximum atomic E-state index is 5.39. The van der Waals surface area contributed by atoms with Crippen LogP contribution >= 0.6 is 11.3 Å². The summed E-state index contributed by atoms with van der Waals surface area (Å²) in [6, 6.07) is 8.77. The molecule has 0 atom stereocenters. The van der Waals surface area contributed by atoms with Crippen molar-refractivity contribution in [1.29, 1.82) is 0 Å². The molecule has 8 heteroatoms. The number of nitrogens with zero attached hydrogens (tertiary/aromatic N) is 5. The Hall–Kier alpha value is -2.29. The molecule has 1 aliphatic heterocycles. The monoisotopic (exact) mass is 482 g/mol. The number of hydrogen-bond acceptors (Lipinski definition) is 8. The number of anilines is 2. The van der Waals surface area contributed by atoms with Crippen LogP contribution in [0.4, 0.5) is 10.9 Å². The van der Waals surface area contributed by atoms with Gasteiger partial charge < -0.3 is 19.9 Å². The molecular formula is C26H38N6OS. The SMILES string of the molecule is CC1CCC(NCc2cnc(N3CCOCC3)s2)CC1.Cc1nc(N(C)C)c2ccccc2n1. The third kappa shape index (κ3) is 6.64. The van der Waals surface area contributed by atoms with Crippen LogP contribution in [-0.2, 0) is 11.3 Å². The number of rotatable bonds is 5. The van der Waals surface area contributed by atoms with Crippen LogP contribution < -0.4 is 15.1 Å². The third-order valence-corrected chi connectivity index (χ3v) is 7.58. The number of fused-ring (bicyclic) bond motifs is 1. The Balaban J connectivity index is 0.000000172. The molecule has 0 bridgehead atoms. The molecule has 1 saturated heterocycles. The number of ether oxygens (including phenoxy) is 1. The Bertz CT molecular complexity index is 1040. The van der Waals surface area contributed by atoms with Gasteiger partial charge in [-0.2, -0.15) is 0 Å². The first kappa shape index (κ1) is 24.8. The Kier molecular flexibility index (Phi) is 8.69. The molecule has 184 valence electrons. The molecule has 1 aromatic carbocycles. The highest BCUT2D eigenvalue weighted by atomic mass is 32.1. The van der Waals surface area contributed by atoms with Crippen molar-refractivity contribution in [1.82, 2.24) is 20.3 Å². The van der Waals surface area contributed by atoms with Crippen LogP contribution in [0, 0.1) is 12.8 Å². The van der Waals surface area contributed by atoms with E-state index in [-0.39, 0.29) is 0 Å². The highest BCUT2D eigenvalue weighted by Crippen LogP contribution is 2.26. The van der Waals surface area contributed by atoms with E-state index in [1.54, 1.807) is 0 Å². The molecule has 0 unspecified atom stereocenters. The van der Waals surface area contributed by atoms with E-state index in [0.717, 1.165) is 66.4 Å². The van der Waals surface area contributed by atoms with Gasteiger partial charge in [-0.1, -0.05) is 19.1 Å². The van der Waals surface area contributed by atoms with Crippen molar-refractivity contribution >= 4 is 33.2 Å². The van der Waals surface area contributed by atoms with E-state index >= 15 is 0 Å². The van der Waals surface area contributed by atoms with Gasteiger partial charge in [0.05, 0.1) is 18.7 Å². The topological polar surface area (TPSA) is 66.4 Å². The lowest BCUT2D eigenvalue weighted by Crippen LogP contribution is -2.36. The Morgan fingerprint density at radius 1 is 1.09 bits per heavy atom. The van der Waals surface area contributed by atoms with Crippen molar-refractivity contribution < 1.29 is 4.74 Å². The number of aryl methyl sites for hydroxylation is 1. The summed E-state index contributed by atoms with van der Waals surface area (Å²) in [6.07, 6.45) is 7.44. The largest absolute Gasteiger partial charge is 0.378 e. The molecule has 1 saturated carbocycles. The van der Waals surface area contributed by atoms with E-state index in [1.165, 1.54) is 30.6 Å². The number of hydrogen-bond donors (Lipinski definition) is 1. The average molecular weight is 483 g/mol. The highest BCUT2D eigenvalue weighted by molar-refractivity contribution is 7.15. The van der Waals surface area contributed by atoms with Crippen LogP contribution in [0.15, 0.2) is 30.5 Å². The number of thiazole rings is 1. The fourth-order valence-electron chi connectivity index (χ4n) is 4.50. The molecule has 0 amide bonds. The zero-order valence-corrected chi connectivity index (χ0v) is 21.8. The number of aromatic nitrogens is 3. The Labute approximate surface area is 207 Å². The minimum absolute atomic E-state index is 0.708. The van der Waals surface area contributed by atoms with Gasteiger partial charge in [-0.25, -0.2) is 15.0 Å². The number of morpholine rings is 1. The van der Waals surface area contributed by atoms with Gasteiger partial charge in [0.25, 0.3) is 0 Å². The van der Waals surface area contributed by atoms with Gasteiger partial charge in [0.1, 0.15) is 11.6 Å². The lowest BCUT2D eigenvalue weighted by Gasteiger charge is -2.27. The van der Waals surface area contributed by atoms with Gasteiger partial charge in [0, 0.05) is 56.2 Å².